The molecule has 1 fully saturated rings. The van der Waals surface area contributed by atoms with Gasteiger partial charge in [-0.15, -0.1) is 5.06 Å². The molecule has 0 saturated carbocycles. The highest BCUT2D eigenvalue weighted by molar-refractivity contribution is 6.01. The van der Waals surface area contributed by atoms with Crippen molar-refractivity contribution in [3.63, 3.8) is 0 Å². The molecule has 0 aliphatic carbocycles. The van der Waals surface area contributed by atoms with E-state index in [4.69, 9.17) is 19.0 Å². The number of nitrogens with zero attached hydrogens (tertiary/aromatic N) is 1. The average Bonchev–Trinajstić information content (AvgIpc) is 3.46. The zero-order chi connectivity index (χ0) is 36.4. The molecule has 1 saturated heterocycles. The van der Waals surface area contributed by atoms with Crippen LogP contribution in [0.25, 0.3) is 0 Å². The average molecular weight is 697 g/mol. The van der Waals surface area contributed by atoms with Gasteiger partial charge in [0.1, 0.15) is 22.8 Å². The topological polar surface area (TPSA) is 161 Å². The summed E-state index contributed by atoms with van der Waals surface area (Å²) < 4.78 is 17.7. The molecule has 1 aliphatic rings. The van der Waals surface area contributed by atoms with Crippen LogP contribution in [0, 0.1) is 0 Å². The maximum Gasteiger partial charge on any atom is 0.333 e. The number of aromatic hydroxyl groups is 2. The highest BCUT2D eigenvalue weighted by atomic mass is 16.7. The Morgan fingerprint density at radius 1 is 0.824 bits per heavy atom. The lowest BCUT2D eigenvalue weighted by Crippen LogP contribution is -2.33. The highest BCUT2D eigenvalue weighted by Crippen LogP contribution is 2.46. The molecule has 0 aromatic heterocycles. The zero-order valence-corrected chi connectivity index (χ0v) is 28.4. The van der Waals surface area contributed by atoms with Crippen LogP contribution in [0.3, 0.4) is 0 Å². The second-order valence-corrected chi connectivity index (χ2v) is 11.9. The summed E-state index contributed by atoms with van der Waals surface area (Å²) in [6.07, 6.45) is 2.02. The van der Waals surface area contributed by atoms with E-state index >= 15 is 0 Å². The molecule has 0 radical (unpaired) electrons. The molecule has 2 amide bonds. The van der Waals surface area contributed by atoms with Gasteiger partial charge < -0.3 is 34.6 Å². The van der Waals surface area contributed by atoms with Crippen molar-refractivity contribution < 1.29 is 48.4 Å². The standard InChI is InChI=1S/C39H40N2O10/c1-48-35-24-32(44)13-15-34(35)39(49-2,29-8-11-31(43)12-9-29)33-14-10-30(23-28(33)25-42)40-20-22-50-21-19-27-5-3-26(4-6-27)7-18-38(47)51-41-36(45)16-17-37(41)46/h3-6,8-15,23-25,40,43-44H,7,16-22H2,1-2H3. The number of hydrogen-bond donors (Lipinski definition) is 3. The number of benzene rings is 4. The highest BCUT2D eigenvalue weighted by Gasteiger charge is 2.41. The van der Waals surface area contributed by atoms with Crippen molar-refractivity contribution >= 4 is 29.8 Å². The number of rotatable bonds is 17. The number of carbonyl (C=O) groups excluding carboxylic acids is 4. The van der Waals surface area contributed by atoms with Crippen LogP contribution >= 0.6 is 0 Å². The second kappa shape index (κ2) is 16.8. The number of anilines is 1. The van der Waals surface area contributed by atoms with Crippen molar-refractivity contribution in [1.29, 1.82) is 0 Å². The maximum atomic E-state index is 12.5. The lowest BCUT2D eigenvalue weighted by molar-refractivity contribution is -0.197. The normalized spacial score (nSPS) is 13.9. The third kappa shape index (κ3) is 8.54. The third-order valence-electron chi connectivity index (χ3n) is 8.65. The Balaban J connectivity index is 1.15. The molecule has 1 unspecified atom stereocenters. The zero-order valence-electron chi connectivity index (χ0n) is 28.4. The van der Waals surface area contributed by atoms with Gasteiger partial charge in [-0.05, 0) is 65.9 Å². The summed E-state index contributed by atoms with van der Waals surface area (Å²) in [6, 6.07) is 24.3. The number of methoxy groups -OCH3 is 2. The van der Waals surface area contributed by atoms with E-state index in [9.17, 15) is 29.4 Å². The van der Waals surface area contributed by atoms with Gasteiger partial charge in [0.2, 0.25) is 0 Å². The number of hydroxylamine groups is 2. The Morgan fingerprint density at radius 2 is 1.47 bits per heavy atom. The minimum Gasteiger partial charge on any atom is -0.508 e. The lowest BCUT2D eigenvalue weighted by atomic mass is 9.77. The van der Waals surface area contributed by atoms with Crippen LogP contribution in [-0.2, 0) is 47.1 Å². The predicted octanol–water partition coefficient (Wildman–Crippen LogP) is 5.07. The van der Waals surface area contributed by atoms with E-state index in [1.807, 2.05) is 30.3 Å². The van der Waals surface area contributed by atoms with Crippen LogP contribution in [-0.4, -0.2) is 73.3 Å². The second-order valence-electron chi connectivity index (χ2n) is 11.9. The fraction of sp³-hybridized carbons (Fsp3) is 0.282. The number of phenols is 2. The first-order valence-electron chi connectivity index (χ1n) is 16.5. The molecular formula is C39H40N2O10. The monoisotopic (exact) mass is 696 g/mol. The van der Waals surface area contributed by atoms with Gasteiger partial charge in [0.05, 0.1) is 26.7 Å². The van der Waals surface area contributed by atoms with E-state index < -0.39 is 23.4 Å². The molecule has 1 atom stereocenters. The van der Waals surface area contributed by atoms with Gasteiger partial charge in [0, 0.05) is 54.9 Å². The summed E-state index contributed by atoms with van der Waals surface area (Å²) in [4.78, 5) is 52.7. The molecule has 12 nitrogen and oxygen atoms in total. The maximum absolute atomic E-state index is 12.5. The predicted molar refractivity (Wildman–Crippen MR) is 186 cm³/mol. The van der Waals surface area contributed by atoms with Gasteiger partial charge in [-0.3, -0.25) is 14.4 Å². The van der Waals surface area contributed by atoms with Crippen molar-refractivity contribution in [2.24, 2.45) is 0 Å². The van der Waals surface area contributed by atoms with E-state index in [1.165, 1.54) is 38.5 Å². The van der Waals surface area contributed by atoms with Crippen molar-refractivity contribution in [2.45, 2.75) is 37.7 Å². The van der Waals surface area contributed by atoms with Crippen molar-refractivity contribution in [3.8, 4) is 17.2 Å². The van der Waals surface area contributed by atoms with E-state index in [0.29, 0.717) is 71.4 Å². The third-order valence-corrected chi connectivity index (χ3v) is 8.65. The summed E-state index contributed by atoms with van der Waals surface area (Å²) in [7, 11) is 3.01. The molecule has 1 aliphatic heterocycles. The van der Waals surface area contributed by atoms with E-state index in [-0.39, 0.29) is 30.8 Å². The lowest BCUT2D eigenvalue weighted by Gasteiger charge is -2.36. The quantitative estimate of drug-likeness (QED) is 0.0585. The molecule has 0 bridgehead atoms. The van der Waals surface area contributed by atoms with Gasteiger partial charge >= 0.3 is 5.97 Å². The van der Waals surface area contributed by atoms with E-state index in [2.05, 4.69) is 5.32 Å². The first kappa shape index (κ1) is 36.6. The van der Waals surface area contributed by atoms with Crippen molar-refractivity contribution in [3.05, 3.63) is 118 Å². The SMILES string of the molecule is COc1cc(O)ccc1C(OC)(c1ccc(O)cc1)c1ccc(NCCOCCc2ccc(CCC(=O)ON3C(=O)CCC3=O)cc2)cc1C=O. The molecular weight excluding hydrogens is 656 g/mol. The number of aryl methyl sites for hydroxylation is 1. The van der Waals surface area contributed by atoms with Crippen molar-refractivity contribution in [1.82, 2.24) is 5.06 Å². The van der Waals surface area contributed by atoms with Gasteiger partial charge in [-0.1, -0.05) is 42.5 Å². The Labute approximate surface area is 295 Å². The summed E-state index contributed by atoms with van der Waals surface area (Å²) in [5.74, 6) is -1.19. The molecule has 51 heavy (non-hydrogen) atoms. The van der Waals surface area contributed by atoms with Gasteiger partial charge in [0.25, 0.3) is 11.8 Å². The molecule has 12 heteroatoms. The molecule has 0 spiro atoms. The van der Waals surface area contributed by atoms with Gasteiger partial charge in [0.15, 0.2) is 6.29 Å². The number of phenolic OH excluding ortho intramolecular Hbond substituents is 2. The Kier molecular flexibility index (Phi) is 12.0. The number of ether oxygens (including phenoxy) is 3. The van der Waals surface area contributed by atoms with Gasteiger partial charge in [-0.25, -0.2) is 4.79 Å². The van der Waals surface area contributed by atoms with E-state index in [0.717, 1.165) is 17.4 Å². The summed E-state index contributed by atoms with van der Waals surface area (Å²) in [6.45, 7) is 1.39. The molecule has 4 aromatic carbocycles. The summed E-state index contributed by atoms with van der Waals surface area (Å²) >= 11 is 0. The minimum absolute atomic E-state index is 0.00699. The summed E-state index contributed by atoms with van der Waals surface area (Å²) in [5, 5.41) is 24.0. The first-order chi connectivity index (χ1) is 24.7. The number of imide groups is 1. The number of amides is 2. The first-order valence-corrected chi connectivity index (χ1v) is 16.5. The van der Waals surface area contributed by atoms with Gasteiger partial charge in [-0.2, -0.15) is 0 Å². The fourth-order valence-electron chi connectivity index (χ4n) is 6.04. The smallest absolute Gasteiger partial charge is 0.333 e. The van der Waals surface area contributed by atoms with Crippen LogP contribution in [0.5, 0.6) is 17.2 Å². The Morgan fingerprint density at radius 3 is 2.12 bits per heavy atom. The van der Waals surface area contributed by atoms with Crippen molar-refractivity contribution in [2.75, 3.05) is 39.3 Å². The fourth-order valence-corrected chi connectivity index (χ4v) is 6.04. The largest absolute Gasteiger partial charge is 0.508 e. The molecule has 1 heterocycles. The number of hydrogen-bond acceptors (Lipinski definition) is 11. The molecule has 4 aromatic rings. The summed E-state index contributed by atoms with van der Waals surface area (Å²) in [5.41, 5.74) is 3.46. The Bertz CT molecular complexity index is 1840. The van der Waals surface area contributed by atoms with Crippen LogP contribution < -0.4 is 10.1 Å². The van der Waals surface area contributed by atoms with Crippen LogP contribution in [0.15, 0.2) is 84.9 Å². The number of carbonyl (C=O) groups is 4. The molecule has 5 rings (SSSR count). The van der Waals surface area contributed by atoms with Crippen LogP contribution in [0.1, 0.15) is 57.4 Å². The molecule has 3 N–H and O–H groups in total. The molecule has 266 valence electrons. The minimum atomic E-state index is -1.33. The number of nitrogens with one attached hydrogen (secondary N) is 1. The van der Waals surface area contributed by atoms with Crippen LogP contribution in [0.4, 0.5) is 5.69 Å². The Hall–Kier alpha value is -5.72. The number of aldehydes is 1. The van der Waals surface area contributed by atoms with E-state index in [1.54, 1.807) is 30.3 Å². The van der Waals surface area contributed by atoms with Crippen LogP contribution in [0.2, 0.25) is 0 Å².